The van der Waals surface area contributed by atoms with E-state index in [0.717, 1.165) is 31.9 Å². The first kappa shape index (κ1) is 9.43. The fourth-order valence-corrected chi connectivity index (χ4v) is 1.94. The Morgan fingerprint density at radius 2 is 2.50 bits per heavy atom. The topological polar surface area (TPSA) is 52.7 Å². The summed E-state index contributed by atoms with van der Waals surface area (Å²) in [5.74, 6) is 0.990. The molecule has 1 unspecified atom stereocenters. The minimum Gasteiger partial charge on any atom is -0.347 e. The highest BCUT2D eigenvalue weighted by Gasteiger charge is 2.34. The minimum atomic E-state index is -0.0937. The molecule has 14 heavy (non-hydrogen) atoms. The number of piperazine rings is 1. The van der Waals surface area contributed by atoms with E-state index in [1.54, 1.807) is 6.20 Å². The maximum Gasteiger partial charge on any atom is 0.128 e. The first-order valence-electron chi connectivity index (χ1n) is 4.94. The van der Waals surface area contributed by atoms with Gasteiger partial charge in [0.1, 0.15) is 5.82 Å². The molecular formula is C10H16N4. The van der Waals surface area contributed by atoms with Crippen LogP contribution in [0.2, 0.25) is 0 Å². The predicted molar refractivity (Wildman–Crippen MR) is 56.0 cm³/mol. The van der Waals surface area contributed by atoms with Gasteiger partial charge in [0.15, 0.2) is 0 Å². The van der Waals surface area contributed by atoms with Crippen molar-refractivity contribution >= 4 is 0 Å². The maximum absolute atomic E-state index is 4.32. The normalized spacial score (nSPS) is 27.4. The number of aromatic nitrogens is 2. The molecule has 0 amide bonds. The van der Waals surface area contributed by atoms with Crippen LogP contribution < -0.4 is 10.6 Å². The molecule has 4 nitrogen and oxygen atoms in total. The summed E-state index contributed by atoms with van der Waals surface area (Å²) in [7, 11) is 0. The molecule has 0 aliphatic carbocycles. The minimum absolute atomic E-state index is 0.0937. The highest BCUT2D eigenvalue weighted by atomic mass is 15.1. The summed E-state index contributed by atoms with van der Waals surface area (Å²) in [5.41, 5.74) is -0.0937. The average Bonchev–Trinajstić information content (AvgIpc) is 2.73. The van der Waals surface area contributed by atoms with E-state index in [2.05, 4.69) is 27.2 Å². The smallest absolute Gasteiger partial charge is 0.128 e. The summed E-state index contributed by atoms with van der Waals surface area (Å²) in [6.45, 7) is 6.68. The molecule has 1 aromatic rings. The van der Waals surface area contributed by atoms with Crippen molar-refractivity contribution in [1.82, 2.24) is 20.6 Å². The van der Waals surface area contributed by atoms with E-state index in [9.17, 15) is 0 Å². The van der Waals surface area contributed by atoms with Crippen molar-refractivity contribution in [3.63, 3.8) is 0 Å². The number of nitrogens with zero attached hydrogens (tertiary/aromatic N) is 1. The summed E-state index contributed by atoms with van der Waals surface area (Å²) >= 11 is 0. The molecule has 4 heteroatoms. The Bertz CT molecular complexity index is 285. The van der Waals surface area contributed by atoms with Crippen LogP contribution in [0.25, 0.3) is 0 Å². The Morgan fingerprint density at radius 3 is 3.07 bits per heavy atom. The first-order valence-corrected chi connectivity index (χ1v) is 4.94. The van der Waals surface area contributed by atoms with Gasteiger partial charge in [-0.3, -0.25) is 0 Å². The van der Waals surface area contributed by atoms with E-state index in [1.165, 1.54) is 0 Å². The summed E-state index contributed by atoms with van der Waals surface area (Å²) in [6.07, 6.45) is 6.46. The predicted octanol–water partition coefficient (Wildman–Crippen LogP) is 0.374. The lowest BCUT2D eigenvalue weighted by atomic mass is 9.92. The molecule has 1 aromatic heterocycles. The van der Waals surface area contributed by atoms with Gasteiger partial charge in [0.25, 0.3) is 0 Å². The van der Waals surface area contributed by atoms with Gasteiger partial charge in [0.05, 0.1) is 5.54 Å². The van der Waals surface area contributed by atoms with Crippen molar-refractivity contribution in [2.45, 2.75) is 12.0 Å². The van der Waals surface area contributed by atoms with Gasteiger partial charge in [-0.25, -0.2) is 4.98 Å². The third-order valence-electron chi connectivity index (χ3n) is 2.64. The van der Waals surface area contributed by atoms with Gasteiger partial charge in [-0.05, 0) is 6.42 Å². The second-order valence-corrected chi connectivity index (χ2v) is 3.62. The third kappa shape index (κ3) is 1.58. The number of imidazole rings is 1. The van der Waals surface area contributed by atoms with Gasteiger partial charge < -0.3 is 15.6 Å². The van der Waals surface area contributed by atoms with Gasteiger partial charge in [0, 0.05) is 32.0 Å². The summed E-state index contributed by atoms with van der Waals surface area (Å²) in [6, 6.07) is 0. The van der Waals surface area contributed by atoms with Gasteiger partial charge >= 0.3 is 0 Å². The highest BCUT2D eigenvalue weighted by Crippen LogP contribution is 2.22. The van der Waals surface area contributed by atoms with E-state index in [0.29, 0.717) is 0 Å². The molecule has 1 fully saturated rings. The first-order chi connectivity index (χ1) is 6.87. The summed E-state index contributed by atoms with van der Waals surface area (Å²) < 4.78 is 0. The Kier molecular flexibility index (Phi) is 2.65. The van der Waals surface area contributed by atoms with Gasteiger partial charge in [-0.1, -0.05) is 6.08 Å². The summed E-state index contributed by atoms with van der Waals surface area (Å²) in [4.78, 5) is 7.50. The van der Waals surface area contributed by atoms with E-state index in [-0.39, 0.29) is 5.54 Å². The van der Waals surface area contributed by atoms with Crippen molar-refractivity contribution in [2.75, 3.05) is 19.6 Å². The lowest BCUT2D eigenvalue weighted by Gasteiger charge is -2.36. The van der Waals surface area contributed by atoms with Crippen molar-refractivity contribution in [1.29, 1.82) is 0 Å². The van der Waals surface area contributed by atoms with Crippen molar-refractivity contribution in [3.05, 3.63) is 30.9 Å². The average molecular weight is 192 g/mol. The van der Waals surface area contributed by atoms with E-state index in [1.807, 2.05) is 12.3 Å². The second-order valence-electron chi connectivity index (χ2n) is 3.62. The molecule has 2 heterocycles. The molecule has 3 N–H and O–H groups in total. The molecule has 0 bridgehead atoms. The van der Waals surface area contributed by atoms with E-state index in [4.69, 9.17) is 0 Å². The fraction of sp³-hybridized carbons (Fsp3) is 0.500. The zero-order chi connectivity index (χ0) is 9.86. The van der Waals surface area contributed by atoms with E-state index >= 15 is 0 Å². The van der Waals surface area contributed by atoms with Crippen LogP contribution in [0.5, 0.6) is 0 Å². The maximum atomic E-state index is 4.32. The second kappa shape index (κ2) is 3.94. The number of rotatable bonds is 3. The number of hydrogen-bond donors (Lipinski definition) is 3. The molecule has 0 saturated carbocycles. The van der Waals surface area contributed by atoms with Crippen LogP contribution in [0.1, 0.15) is 12.2 Å². The molecule has 0 spiro atoms. The number of hydrogen-bond acceptors (Lipinski definition) is 3. The van der Waals surface area contributed by atoms with Gasteiger partial charge in [-0.2, -0.15) is 0 Å². The summed E-state index contributed by atoms with van der Waals surface area (Å²) in [5, 5.41) is 6.89. The molecule has 1 aliphatic heterocycles. The molecular weight excluding hydrogens is 176 g/mol. The largest absolute Gasteiger partial charge is 0.347 e. The van der Waals surface area contributed by atoms with Crippen LogP contribution in [0, 0.1) is 0 Å². The SMILES string of the molecule is C=CCC1(c2ncc[nH]2)CNCCN1. The number of nitrogens with one attached hydrogen (secondary N) is 3. The van der Waals surface area contributed by atoms with E-state index < -0.39 is 0 Å². The molecule has 1 aliphatic rings. The molecule has 1 atom stereocenters. The fourth-order valence-electron chi connectivity index (χ4n) is 1.94. The van der Waals surface area contributed by atoms with Gasteiger partial charge in [0.2, 0.25) is 0 Å². The van der Waals surface area contributed by atoms with Crippen LogP contribution in [-0.2, 0) is 5.54 Å². The van der Waals surface area contributed by atoms with Crippen LogP contribution >= 0.6 is 0 Å². The van der Waals surface area contributed by atoms with Crippen LogP contribution in [0.3, 0.4) is 0 Å². The van der Waals surface area contributed by atoms with Gasteiger partial charge in [-0.15, -0.1) is 6.58 Å². The Balaban J connectivity index is 2.24. The third-order valence-corrected chi connectivity index (χ3v) is 2.64. The van der Waals surface area contributed by atoms with Crippen molar-refractivity contribution in [2.24, 2.45) is 0 Å². The quantitative estimate of drug-likeness (QED) is 0.607. The van der Waals surface area contributed by atoms with Crippen molar-refractivity contribution in [3.8, 4) is 0 Å². The standard InChI is InChI=1S/C10H16N4/c1-2-3-10(8-11-4-7-14-10)9-12-5-6-13-9/h2,5-6,11,14H,1,3-4,7-8H2,(H,12,13). The Morgan fingerprint density at radius 1 is 1.57 bits per heavy atom. The number of H-pyrrole nitrogens is 1. The zero-order valence-electron chi connectivity index (χ0n) is 8.21. The Hall–Kier alpha value is -1.13. The highest BCUT2D eigenvalue weighted by molar-refractivity contribution is 5.11. The van der Waals surface area contributed by atoms with Crippen LogP contribution in [0.4, 0.5) is 0 Å². The zero-order valence-corrected chi connectivity index (χ0v) is 8.21. The molecule has 1 saturated heterocycles. The van der Waals surface area contributed by atoms with Crippen LogP contribution in [-0.4, -0.2) is 29.6 Å². The molecule has 2 rings (SSSR count). The van der Waals surface area contributed by atoms with Crippen molar-refractivity contribution < 1.29 is 0 Å². The molecule has 0 aromatic carbocycles. The Labute approximate surface area is 83.8 Å². The number of aromatic amines is 1. The van der Waals surface area contributed by atoms with Crippen LogP contribution in [0.15, 0.2) is 25.0 Å². The molecule has 76 valence electrons. The lowest BCUT2D eigenvalue weighted by Crippen LogP contribution is -2.57. The monoisotopic (exact) mass is 192 g/mol. The molecule has 0 radical (unpaired) electrons. The lowest BCUT2D eigenvalue weighted by molar-refractivity contribution is 0.265.